The SMILES string of the molecule is O[C@H]1Cc2ccccc2[C@@H]1C1NCc2ccccc21. The van der Waals surface area contributed by atoms with Gasteiger partial charge in [0.2, 0.25) is 0 Å². The molecule has 1 aliphatic heterocycles. The lowest BCUT2D eigenvalue weighted by Crippen LogP contribution is -2.26. The highest BCUT2D eigenvalue weighted by molar-refractivity contribution is 5.43. The van der Waals surface area contributed by atoms with Crippen molar-refractivity contribution in [1.29, 1.82) is 0 Å². The molecule has 2 heteroatoms. The molecule has 0 radical (unpaired) electrons. The molecule has 0 saturated carbocycles. The van der Waals surface area contributed by atoms with Gasteiger partial charge in [0.15, 0.2) is 0 Å². The van der Waals surface area contributed by atoms with Gasteiger partial charge >= 0.3 is 0 Å². The highest BCUT2D eigenvalue weighted by Crippen LogP contribution is 2.44. The predicted octanol–water partition coefficient (Wildman–Crippen LogP) is 2.53. The van der Waals surface area contributed by atoms with E-state index in [0.29, 0.717) is 0 Å². The fourth-order valence-corrected chi connectivity index (χ4v) is 3.66. The van der Waals surface area contributed by atoms with Crippen molar-refractivity contribution < 1.29 is 5.11 Å². The monoisotopic (exact) mass is 251 g/mol. The van der Waals surface area contributed by atoms with Gasteiger partial charge in [-0.3, -0.25) is 0 Å². The van der Waals surface area contributed by atoms with E-state index in [4.69, 9.17) is 0 Å². The number of nitrogens with one attached hydrogen (secondary N) is 1. The zero-order chi connectivity index (χ0) is 12.8. The second kappa shape index (κ2) is 4.19. The van der Waals surface area contributed by atoms with Crippen LogP contribution < -0.4 is 5.32 Å². The van der Waals surface area contributed by atoms with Gasteiger partial charge in [0.25, 0.3) is 0 Å². The minimum atomic E-state index is -0.277. The van der Waals surface area contributed by atoms with E-state index in [1.807, 2.05) is 0 Å². The molecule has 0 saturated heterocycles. The second-order valence-corrected chi connectivity index (χ2v) is 5.55. The van der Waals surface area contributed by atoms with E-state index in [-0.39, 0.29) is 18.1 Å². The Hall–Kier alpha value is -1.64. The van der Waals surface area contributed by atoms with Crippen LogP contribution in [-0.2, 0) is 13.0 Å². The first-order chi connectivity index (χ1) is 9.34. The molecule has 0 fully saturated rings. The third kappa shape index (κ3) is 1.64. The standard InChI is InChI=1S/C17H17NO/c19-15-9-11-5-1-3-7-13(11)16(15)17-14-8-4-2-6-12(14)10-18-17/h1-8,15-19H,9-10H2/t15-,16-,17?/m0/s1. The van der Waals surface area contributed by atoms with E-state index < -0.39 is 0 Å². The third-order valence-electron chi connectivity index (χ3n) is 4.52. The molecule has 2 aliphatic rings. The largest absolute Gasteiger partial charge is 0.392 e. The maximum absolute atomic E-state index is 10.5. The number of aliphatic hydroxyl groups is 1. The van der Waals surface area contributed by atoms with Crippen molar-refractivity contribution in [2.45, 2.75) is 31.0 Å². The summed E-state index contributed by atoms with van der Waals surface area (Å²) in [6.07, 6.45) is 0.502. The summed E-state index contributed by atoms with van der Waals surface area (Å²) in [6, 6.07) is 17.2. The molecule has 2 aromatic rings. The van der Waals surface area contributed by atoms with E-state index in [9.17, 15) is 5.11 Å². The predicted molar refractivity (Wildman–Crippen MR) is 74.9 cm³/mol. The van der Waals surface area contributed by atoms with Crippen molar-refractivity contribution in [3.63, 3.8) is 0 Å². The lowest BCUT2D eigenvalue weighted by Gasteiger charge is -2.24. The van der Waals surface area contributed by atoms with Crippen molar-refractivity contribution in [2.24, 2.45) is 0 Å². The molecule has 1 aliphatic carbocycles. The number of rotatable bonds is 1. The molecular formula is C17H17NO. The Balaban J connectivity index is 1.78. The van der Waals surface area contributed by atoms with Gasteiger partial charge < -0.3 is 10.4 Å². The van der Waals surface area contributed by atoms with Crippen LogP contribution in [0.1, 0.15) is 34.2 Å². The summed E-state index contributed by atoms with van der Waals surface area (Å²) in [4.78, 5) is 0. The van der Waals surface area contributed by atoms with Gasteiger partial charge in [-0.15, -0.1) is 0 Å². The van der Waals surface area contributed by atoms with Crippen LogP contribution in [0.15, 0.2) is 48.5 Å². The maximum atomic E-state index is 10.5. The summed E-state index contributed by atoms with van der Waals surface area (Å²) >= 11 is 0. The van der Waals surface area contributed by atoms with Gasteiger partial charge in [0.05, 0.1) is 6.10 Å². The molecular weight excluding hydrogens is 234 g/mol. The summed E-state index contributed by atoms with van der Waals surface area (Å²) in [5.41, 5.74) is 5.32. The number of benzene rings is 2. The summed E-state index contributed by atoms with van der Waals surface area (Å²) in [5, 5.41) is 14.0. The number of hydrogen-bond acceptors (Lipinski definition) is 2. The Labute approximate surface area is 113 Å². The lowest BCUT2D eigenvalue weighted by molar-refractivity contribution is 0.139. The van der Waals surface area contributed by atoms with Gasteiger partial charge in [-0.2, -0.15) is 0 Å². The average Bonchev–Trinajstić information content (AvgIpc) is 2.98. The van der Waals surface area contributed by atoms with Crippen LogP contribution in [0.3, 0.4) is 0 Å². The lowest BCUT2D eigenvalue weighted by atomic mass is 9.87. The minimum absolute atomic E-state index is 0.180. The fourth-order valence-electron chi connectivity index (χ4n) is 3.66. The summed E-state index contributed by atoms with van der Waals surface area (Å²) in [5.74, 6) is 0.180. The van der Waals surface area contributed by atoms with E-state index in [1.54, 1.807) is 0 Å². The highest BCUT2D eigenvalue weighted by atomic mass is 16.3. The Morgan fingerprint density at radius 1 is 0.895 bits per heavy atom. The molecule has 0 amide bonds. The van der Waals surface area contributed by atoms with Crippen LogP contribution in [-0.4, -0.2) is 11.2 Å². The molecule has 2 N–H and O–H groups in total. The van der Waals surface area contributed by atoms with E-state index in [2.05, 4.69) is 53.8 Å². The van der Waals surface area contributed by atoms with Crippen LogP contribution >= 0.6 is 0 Å². The minimum Gasteiger partial charge on any atom is -0.392 e. The topological polar surface area (TPSA) is 32.3 Å². The van der Waals surface area contributed by atoms with Crippen molar-refractivity contribution >= 4 is 0 Å². The molecule has 2 aromatic carbocycles. The summed E-state index contributed by atoms with van der Waals surface area (Å²) < 4.78 is 0. The van der Waals surface area contributed by atoms with Crippen LogP contribution in [0.25, 0.3) is 0 Å². The van der Waals surface area contributed by atoms with Crippen molar-refractivity contribution in [3.8, 4) is 0 Å². The van der Waals surface area contributed by atoms with Crippen molar-refractivity contribution in [2.75, 3.05) is 0 Å². The highest BCUT2D eigenvalue weighted by Gasteiger charge is 2.39. The molecule has 3 atom stereocenters. The molecule has 0 bridgehead atoms. The zero-order valence-corrected chi connectivity index (χ0v) is 10.7. The Morgan fingerprint density at radius 2 is 1.58 bits per heavy atom. The van der Waals surface area contributed by atoms with Crippen molar-refractivity contribution in [3.05, 3.63) is 70.8 Å². The van der Waals surface area contributed by atoms with Crippen LogP contribution in [0, 0.1) is 0 Å². The number of fused-ring (bicyclic) bond motifs is 2. The van der Waals surface area contributed by atoms with Gasteiger partial charge in [-0.25, -0.2) is 0 Å². The fraction of sp³-hybridized carbons (Fsp3) is 0.294. The normalized spacial score (nSPS) is 28.2. The smallest absolute Gasteiger partial charge is 0.0667 e. The zero-order valence-electron chi connectivity index (χ0n) is 10.7. The number of hydrogen-bond donors (Lipinski definition) is 2. The molecule has 1 unspecified atom stereocenters. The van der Waals surface area contributed by atoms with Gasteiger partial charge in [0, 0.05) is 18.5 Å². The maximum Gasteiger partial charge on any atom is 0.0667 e. The summed E-state index contributed by atoms with van der Waals surface area (Å²) in [7, 11) is 0. The third-order valence-corrected chi connectivity index (χ3v) is 4.52. The average molecular weight is 251 g/mol. The van der Waals surface area contributed by atoms with Crippen LogP contribution in [0.2, 0.25) is 0 Å². The van der Waals surface area contributed by atoms with Crippen LogP contribution in [0.4, 0.5) is 0 Å². The van der Waals surface area contributed by atoms with Gasteiger partial charge in [-0.1, -0.05) is 48.5 Å². The molecule has 2 nitrogen and oxygen atoms in total. The first kappa shape index (κ1) is 11.2. The Kier molecular flexibility index (Phi) is 2.47. The molecule has 0 spiro atoms. The first-order valence-electron chi connectivity index (χ1n) is 6.91. The number of aliphatic hydroxyl groups excluding tert-OH is 1. The molecule has 19 heavy (non-hydrogen) atoms. The molecule has 0 aromatic heterocycles. The second-order valence-electron chi connectivity index (χ2n) is 5.55. The van der Waals surface area contributed by atoms with E-state index >= 15 is 0 Å². The van der Waals surface area contributed by atoms with Gasteiger partial charge in [0.1, 0.15) is 0 Å². The molecule has 96 valence electrons. The Bertz CT molecular complexity index is 622. The first-order valence-corrected chi connectivity index (χ1v) is 6.91. The van der Waals surface area contributed by atoms with Crippen LogP contribution in [0.5, 0.6) is 0 Å². The van der Waals surface area contributed by atoms with Gasteiger partial charge in [-0.05, 0) is 28.7 Å². The Morgan fingerprint density at radius 3 is 2.42 bits per heavy atom. The molecule has 1 heterocycles. The van der Waals surface area contributed by atoms with Crippen molar-refractivity contribution in [1.82, 2.24) is 5.32 Å². The van der Waals surface area contributed by atoms with E-state index in [0.717, 1.165) is 13.0 Å². The van der Waals surface area contributed by atoms with E-state index in [1.165, 1.54) is 22.3 Å². The quantitative estimate of drug-likeness (QED) is 0.816. The summed E-state index contributed by atoms with van der Waals surface area (Å²) in [6.45, 7) is 0.909. The molecule has 4 rings (SSSR count).